The lowest BCUT2D eigenvalue weighted by atomic mass is 10.2. The molecule has 120 valence electrons. The number of thiazole rings is 1. The van der Waals surface area contributed by atoms with Crippen molar-refractivity contribution in [2.24, 2.45) is 4.99 Å². The molecular weight excluding hydrogens is 352 g/mol. The van der Waals surface area contributed by atoms with Gasteiger partial charge in [-0.1, -0.05) is 71.6 Å². The molecule has 2 heterocycles. The van der Waals surface area contributed by atoms with E-state index in [0.717, 1.165) is 32.3 Å². The lowest BCUT2D eigenvalue weighted by molar-refractivity contribution is 1.24. The third kappa shape index (κ3) is 3.58. The zero-order chi connectivity index (χ0) is 16.4. The molecule has 3 aromatic rings. The van der Waals surface area contributed by atoms with Crippen molar-refractivity contribution in [1.82, 2.24) is 4.98 Å². The van der Waals surface area contributed by atoms with Gasteiger partial charge in [-0.15, -0.1) is 11.3 Å². The molecule has 5 heteroatoms. The standard InChI is InChI=1S/C19H16N2S3/c1-13-6-8-14(9-7-13)18-20-16(11-22-18)12-24-19-21-17-5-3-2-4-15(17)10-23-19/h2-9,11H,10,12H2,1H3. The smallest absolute Gasteiger partial charge is 0.131 e. The van der Waals surface area contributed by atoms with Gasteiger partial charge in [0.15, 0.2) is 0 Å². The molecule has 1 aliphatic heterocycles. The third-order valence-corrected chi connectivity index (χ3v) is 6.97. The number of aromatic nitrogens is 1. The highest BCUT2D eigenvalue weighted by atomic mass is 32.2. The molecule has 1 aliphatic rings. The molecule has 2 nitrogen and oxygen atoms in total. The molecule has 0 spiro atoms. The molecule has 0 amide bonds. The van der Waals surface area contributed by atoms with Gasteiger partial charge in [0.05, 0.1) is 11.4 Å². The van der Waals surface area contributed by atoms with E-state index in [0.29, 0.717) is 0 Å². The van der Waals surface area contributed by atoms with Crippen molar-refractivity contribution in [3.05, 3.63) is 70.7 Å². The van der Waals surface area contributed by atoms with E-state index in [2.05, 4.69) is 60.8 Å². The van der Waals surface area contributed by atoms with Gasteiger partial charge in [0.25, 0.3) is 0 Å². The Morgan fingerprint density at radius 1 is 1.08 bits per heavy atom. The number of thioether (sulfide) groups is 2. The number of rotatable bonds is 3. The summed E-state index contributed by atoms with van der Waals surface area (Å²) in [6.45, 7) is 2.11. The molecule has 0 fully saturated rings. The molecule has 0 bridgehead atoms. The van der Waals surface area contributed by atoms with Gasteiger partial charge in [0.2, 0.25) is 0 Å². The third-order valence-electron chi connectivity index (χ3n) is 3.75. The zero-order valence-electron chi connectivity index (χ0n) is 13.2. The first kappa shape index (κ1) is 15.9. The SMILES string of the molecule is Cc1ccc(-c2nc(CSC3=Nc4ccccc4CS3)cs2)cc1. The second kappa shape index (κ2) is 7.13. The Balaban J connectivity index is 1.44. The maximum absolute atomic E-state index is 4.77. The van der Waals surface area contributed by atoms with Crippen LogP contribution in [-0.4, -0.2) is 9.36 Å². The maximum atomic E-state index is 4.77. The van der Waals surface area contributed by atoms with Crippen molar-refractivity contribution in [1.29, 1.82) is 0 Å². The monoisotopic (exact) mass is 368 g/mol. The molecular formula is C19H16N2S3. The number of aryl methyl sites for hydroxylation is 1. The molecule has 0 N–H and O–H groups in total. The summed E-state index contributed by atoms with van der Waals surface area (Å²) in [5.41, 5.74) is 6.03. The molecule has 0 radical (unpaired) electrons. The van der Waals surface area contributed by atoms with Crippen LogP contribution in [0.1, 0.15) is 16.8 Å². The minimum absolute atomic E-state index is 0.871. The van der Waals surface area contributed by atoms with Crippen molar-refractivity contribution in [2.75, 3.05) is 0 Å². The van der Waals surface area contributed by atoms with Gasteiger partial charge in [0.1, 0.15) is 9.38 Å². The minimum Gasteiger partial charge on any atom is -0.240 e. The Labute approximate surface area is 154 Å². The molecule has 1 aromatic heterocycles. The fraction of sp³-hybridized carbons (Fsp3) is 0.158. The van der Waals surface area contributed by atoms with Crippen molar-refractivity contribution in [3.8, 4) is 10.6 Å². The first-order valence-corrected chi connectivity index (χ1v) is 10.6. The summed E-state index contributed by atoms with van der Waals surface area (Å²) in [5.74, 6) is 1.88. The van der Waals surface area contributed by atoms with Gasteiger partial charge in [-0.3, -0.25) is 0 Å². The van der Waals surface area contributed by atoms with Crippen LogP contribution in [-0.2, 0) is 11.5 Å². The van der Waals surface area contributed by atoms with Crippen LogP contribution >= 0.6 is 34.9 Å². The molecule has 0 aliphatic carbocycles. The van der Waals surface area contributed by atoms with Gasteiger partial charge in [-0.25, -0.2) is 9.98 Å². The molecule has 0 atom stereocenters. The maximum Gasteiger partial charge on any atom is 0.131 e. The van der Waals surface area contributed by atoms with Crippen LogP contribution in [0.5, 0.6) is 0 Å². The summed E-state index contributed by atoms with van der Waals surface area (Å²) in [5, 5.41) is 3.25. The average Bonchev–Trinajstić information content (AvgIpc) is 3.09. The Morgan fingerprint density at radius 3 is 2.79 bits per heavy atom. The Hall–Kier alpha value is -1.56. The lowest BCUT2D eigenvalue weighted by Crippen LogP contribution is -1.96. The highest BCUT2D eigenvalue weighted by Crippen LogP contribution is 2.36. The second-order valence-corrected chi connectivity index (χ2v) is 8.64. The van der Waals surface area contributed by atoms with E-state index in [1.165, 1.54) is 16.7 Å². The normalized spacial score (nSPS) is 13.5. The highest BCUT2D eigenvalue weighted by Gasteiger charge is 2.13. The number of para-hydroxylation sites is 1. The van der Waals surface area contributed by atoms with E-state index in [1.807, 2.05) is 11.8 Å². The Bertz CT molecular complexity index is 882. The second-order valence-electron chi connectivity index (χ2n) is 5.59. The number of aliphatic imine (C=N–C) groups is 1. The molecule has 0 saturated heterocycles. The van der Waals surface area contributed by atoms with Crippen LogP contribution in [0.3, 0.4) is 0 Å². The molecule has 0 unspecified atom stereocenters. The molecule has 4 rings (SSSR count). The number of nitrogens with zero attached hydrogens (tertiary/aromatic N) is 2. The van der Waals surface area contributed by atoms with E-state index < -0.39 is 0 Å². The molecule has 0 saturated carbocycles. The van der Waals surface area contributed by atoms with Crippen LogP contribution in [0, 0.1) is 6.92 Å². The van der Waals surface area contributed by atoms with Gasteiger partial charge in [-0.2, -0.15) is 0 Å². The van der Waals surface area contributed by atoms with Crippen LogP contribution in [0.2, 0.25) is 0 Å². The van der Waals surface area contributed by atoms with E-state index in [9.17, 15) is 0 Å². The van der Waals surface area contributed by atoms with Crippen LogP contribution in [0.25, 0.3) is 10.6 Å². The fourth-order valence-corrected chi connectivity index (χ4v) is 5.31. The first-order chi connectivity index (χ1) is 11.8. The minimum atomic E-state index is 0.871. The summed E-state index contributed by atoms with van der Waals surface area (Å²) in [4.78, 5) is 9.53. The molecule has 2 aromatic carbocycles. The summed E-state index contributed by atoms with van der Waals surface area (Å²) in [6.07, 6.45) is 0. The summed E-state index contributed by atoms with van der Waals surface area (Å²) in [7, 11) is 0. The van der Waals surface area contributed by atoms with Gasteiger partial charge in [-0.05, 0) is 18.6 Å². The largest absolute Gasteiger partial charge is 0.240 e. The van der Waals surface area contributed by atoms with Gasteiger partial charge >= 0.3 is 0 Å². The zero-order valence-corrected chi connectivity index (χ0v) is 15.7. The lowest BCUT2D eigenvalue weighted by Gasteiger charge is -2.13. The van der Waals surface area contributed by atoms with Gasteiger partial charge in [0, 0.05) is 22.4 Å². The predicted molar refractivity (Wildman–Crippen MR) is 108 cm³/mol. The van der Waals surface area contributed by atoms with Crippen molar-refractivity contribution in [2.45, 2.75) is 18.4 Å². The van der Waals surface area contributed by atoms with E-state index >= 15 is 0 Å². The van der Waals surface area contributed by atoms with Crippen molar-refractivity contribution in [3.63, 3.8) is 0 Å². The van der Waals surface area contributed by atoms with Crippen LogP contribution in [0.15, 0.2) is 58.9 Å². The Morgan fingerprint density at radius 2 is 1.92 bits per heavy atom. The van der Waals surface area contributed by atoms with E-state index in [4.69, 9.17) is 9.98 Å². The highest BCUT2D eigenvalue weighted by molar-refractivity contribution is 8.38. The van der Waals surface area contributed by atoms with Crippen LogP contribution < -0.4 is 0 Å². The number of benzene rings is 2. The average molecular weight is 369 g/mol. The van der Waals surface area contributed by atoms with Gasteiger partial charge < -0.3 is 0 Å². The topological polar surface area (TPSA) is 25.2 Å². The van der Waals surface area contributed by atoms with Crippen LogP contribution in [0.4, 0.5) is 5.69 Å². The van der Waals surface area contributed by atoms with Crippen molar-refractivity contribution < 1.29 is 0 Å². The Kier molecular flexibility index (Phi) is 4.74. The molecule has 24 heavy (non-hydrogen) atoms. The fourth-order valence-electron chi connectivity index (χ4n) is 2.42. The van der Waals surface area contributed by atoms with E-state index in [-0.39, 0.29) is 0 Å². The number of hydrogen-bond acceptors (Lipinski definition) is 5. The number of hydrogen-bond donors (Lipinski definition) is 0. The summed E-state index contributed by atoms with van der Waals surface area (Å²) < 4.78 is 1.14. The first-order valence-electron chi connectivity index (χ1n) is 7.71. The summed E-state index contributed by atoms with van der Waals surface area (Å²) >= 11 is 5.31. The van der Waals surface area contributed by atoms with E-state index in [1.54, 1.807) is 23.1 Å². The van der Waals surface area contributed by atoms with Crippen molar-refractivity contribution >= 4 is 44.9 Å². The predicted octanol–water partition coefficient (Wildman–Crippen LogP) is 6.29. The number of fused-ring (bicyclic) bond motifs is 1. The summed E-state index contributed by atoms with van der Waals surface area (Å²) in [6, 6.07) is 16.9. The quantitative estimate of drug-likeness (QED) is 0.543.